The highest BCUT2D eigenvalue weighted by Crippen LogP contribution is 2.30. The second kappa shape index (κ2) is 10.2. The maximum atomic E-state index is 13.4. The molecule has 1 amide bonds. The minimum absolute atomic E-state index is 0.167. The SMILES string of the molecule is CC(=O)NCCn1c(=O)c(-c2ccc(C)cc2)nc2ccc(NCc3cccc(C(F)(F)F)c3)cc21. The molecular formula is C27H25F3N4O2. The molecule has 6 nitrogen and oxygen atoms in total. The Bertz CT molecular complexity index is 1460. The number of aromatic nitrogens is 2. The Morgan fingerprint density at radius 2 is 1.78 bits per heavy atom. The second-order valence-corrected chi connectivity index (χ2v) is 8.52. The predicted octanol–water partition coefficient (Wildman–Crippen LogP) is 5.14. The van der Waals surface area contributed by atoms with E-state index in [1.54, 1.807) is 28.8 Å². The average Bonchev–Trinajstić information content (AvgIpc) is 2.84. The monoisotopic (exact) mass is 494 g/mol. The number of amides is 1. The number of nitrogens with one attached hydrogen (secondary N) is 2. The molecule has 9 heteroatoms. The van der Waals surface area contributed by atoms with E-state index < -0.39 is 11.7 Å². The van der Waals surface area contributed by atoms with Crippen LogP contribution in [-0.4, -0.2) is 22.0 Å². The van der Waals surface area contributed by atoms with E-state index in [4.69, 9.17) is 0 Å². The van der Waals surface area contributed by atoms with E-state index in [2.05, 4.69) is 15.6 Å². The third-order valence-electron chi connectivity index (χ3n) is 5.73. The van der Waals surface area contributed by atoms with E-state index in [0.717, 1.165) is 17.7 Å². The molecule has 1 heterocycles. The number of aryl methyl sites for hydroxylation is 1. The first-order valence-corrected chi connectivity index (χ1v) is 11.4. The number of carbonyl (C=O) groups excluding carboxylic acids is 1. The number of anilines is 1. The van der Waals surface area contributed by atoms with E-state index >= 15 is 0 Å². The van der Waals surface area contributed by atoms with Crippen LogP contribution in [0.4, 0.5) is 18.9 Å². The number of hydrogen-bond acceptors (Lipinski definition) is 4. The zero-order valence-corrected chi connectivity index (χ0v) is 19.8. The van der Waals surface area contributed by atoms with Gasteiger partial charge in [0.25, 0.3) is 5.56 Å². The molecule has 3 aromatic carbocycles. The van der Waals surface area contributed by atoms with Crippen molar-refractivity contribution in [1.82, 2.24) is 14.9 Å². The van der Waals surface area contributed by atoms with Crippen molar-refractivity contribution in [1.29, 1.82) is 0 Å². The molecule has 0 atom stereocenters. The van der Waals surface area contributed by atoms with Crippen LogP contribution in [0.3, 0.4) is 0 Å². The van der Waals surface area contributed by atoms with Gasteiger partial charge in [0.1, 0.15) is 5.69 Å². The van der Waals surface area contributed by atoms with E-state index in [9.17, 15) is 22.8 Å². The molecule has 0 saturated carbocycles. The standard InChI is InChI=1S/C27H25F3N4O2/c1-17-6-8-20(9-7-17)25-26(36)34(13-12-31-18(2)35)24-15-22(10-11-23(24)33-25)32-16-19-4-3-5-21(14-19)27(28,29)30/h3-11,14-15,32H,12-13,16H2,1-2H3,(H,31,35). The van der Waals surface area contributed by atoms with Crippen molar-refractivity contribution in [2.75, 3.05) is 11.9 Å². The lowest BCUT2D eigenvalue weighted by Gasteiger charge is -2.15. The van der Waals surface area contributed by atoms with Crippen molar-refractivity contribution in [3.63, 3.8) is 0 Å². The molecule has 2 N–H and O–H groups in total. The van der Waals surface area contributed by atoms with E-state index in [-0.39, 0.29) is 31.1 Å². The van der Waals surface area contributed by atoms with Crippen molar-refractivity contribution in [2.24, 2.45) is 0 Å². The summed E-state index contributed by atoms with van der Waals surface area (Å²) in [6.07, 6.45) is -4.41. The normalized spacial score (nSPS) is 11.5. The third kappa shape index (κ3) is 5.73. The highest BCUT2D eigenvalue weighted by atomic mass is 19.4. The summed E-state index contributed by atoms with van der Waals surface area (Å²) in [7, 11) is 0. The third-order valence-corrected chi connectivity index (χ3v) is 5.73. The first-order chi connectivity index (χ1) is 17.1. The smallest absolute Gasteiger partial charge is 0.381 e. The summed E-state index contributed by atoms with van der Waals surface area (Å²) in [5, 5.41) is 5.83. The summed E-state index contributed by atoms with van der Waals surface area (Å²) in [4.78, 5) is 29.4. The highest BCUT2D eigenvalue weighted by Gasteiger charge is 2.30. The Kier molecular flexibility index (Phi) is 7.10. The minimum atomic E-state index is -4.41. The molecular weight excluding hydrogens is 469 g/mol. The largest absolute Gasteiger partial charge is 0.416 e. The number of fused-ring (bicyclic) bond motifs is 1. The molecule has 4 rings (SSSR count). The summed E-state index contributed by atoms with van der Waals surface area (Å²) < 4.78 is 40.6. The summed E-state index contributed by atoms with van der Waals surface area (Å²) >= 11 is 0. The maximum absolute atomic E-state index is 13.4. The number of alkyl halides is 3. The topological polar surface area (TPSA) is 76.0 Å². The summed E-state index contributed by atoms with van der Waals surface area (Å²) in [6.45, 7) is 4.01. The summed E-state index contributed by atoms with van der Waals surface area (Å²) in [5.74, 6) is -0.205. The number of benzene rings is 3. The van der Waals surface area contributed by atoms with Gasteiger partial charge in [-0.3, -0.25) is 9.59 Å². The Morgan fingerprint density at radius 3 is 2.47 bits per heavy atom. The van der Waals surface area contributed by atoms with Crippen molar-refractivity contribution >= 4 is 22.6 Å². The second-order valence-electron chi connectivity index (χ2n) is 8.52. The van der Waals surface area contributed by atoms with Crippen molar-refractivity contribution in [2.45, 2.75) is 33.1 Å². The number of nitrogens with zero attached hydrogens (tertiary/aromatic N) is 2. The van der Waals surface area contributed by atoms with Gasteiger partial charge in [0.15, 0.2) is 0 Å². The lowest BCUT2D eigenvalue weighted by atomic mass is 10.1. The van der Waals surface area contributed by atoms with Crippen LogP contribution in [0.25, 0.3) is 22.3 Å². The Morgan fingerprint density at radius 1 is 1.03 bits per heavy atom. The zero-order chi connectivity index (χ0) is 25.9. The van der Waals surface area contributed by atoms with Gasteiger partial charge in [0.05, 0.1) is 16.6 Å². The maximum Gasteiger partial charge on any atom is 0.416 e. The van der Waals surface area contributed by atoms with Gasteiger partial charge in [0, 0.05) is 37.8 Å². The van der Waals surface area contributed by atoms with Gasteiger partial charge >= 0.3 is 6.18 Å². The van der Waals surface area contributed by atoms with Crippen LogP contribution >= 0.6 is 0 Å². The fourth-order valence-corrected chi connectivity index (χ4v) is 3.88. The summed E-state index contributed by atoms with van der Waals surface area (Å²) in [5.41, 5.74) is 3.27. The van der Waals surface area contributed by atoms with Crippen LogP contribution in [0, 0.1) is 6.92 Å². The minimum Gasteiger partial charge on any atom is -0.381 e. The fourth-order valence-electron chi connectivity index (χ4n) is 3.88. The molecule has 0 radical (unpaired) electrons. The zero-order valence-electron chi connectivity index (χ0n) is 19.8. The Labute approximate surface area is 205 Å². The molecule has 0 unspecified atom stereocenters. The molecule has 0 aliphatic carbocycles. The van der Waals surface area contributed by atoms with Crippen LogP contribution in [0.5, 0.6) is 0 Å². The molecule has 186 valence electrons. The first kappa shape index (κ1) is 25.0. The average molecular weight is 495 g/mol. The lowest BCUT2D eigenvalue weighted by Crippen LogP contribution is -2.31. The van der Waals surface area contributed by atoms with Gasteiger partial charge in [-0.25, -0.2) is 4.98 Å². The number of carbonyl (C=O) groups is 1. The number of hydrogen-bond donors (Lipinski definition) is 2. The molecule has 0 aliphatic rings. The molecule has 4 aromatic rings. The van der Waals surface area contributed by atoms with Crippen LogP contribution in [0.15, 0.2) is 71.5 Å². The van der Waals surface area contributed by atoms with Gasteiger partial charge < -0.3 is 15.2 Å². The van der Waals surface area contributed by atoms with Crippen LogP contribution in [-0.2, 0) is 24.1 Å². The molecule has 0 saturated heterocycles. The van der Waals surface area contributed by atoms with Crippen LogP contribution < -0.4 is 16.2 Å². The van der Waals surface area contributed by atoms with Gasteiger partial charge in [0.2, 0.25) is 5.91 Å². The molecule has 0 aliphatic heterocycles. The van der Waals surface area contributed by atoms with Crippen LogP contribution in [0.2, 0.25) is 0 Å². The molecule has 0 spiro atoms. The summed E-state index contributed by atoms with van der Waals surface area (Å²) in [6, 6.07) is 17.9. The molecule has 36 heavy (non-hydrogen) atoms. The van der Waals surface area contributed by atoms with Crippen molar-refractivity contribution in [3.8, 4) is 11.3 Å². The van der Waals surface area contributed by atoms with E-state index in [1.165, 1.54) is 13.0 Å². The van der Waals surface area contributed by atoms with E-state index in [0.29, 0.717) is 33.5 Å². The lowest BCUT2D eigenvalue weighted by molar-refractivity contribution is -0.137. The van der Waals surface area contributed by atoms with Crippen molar-refractivity contribution in [3.05, 3.63) is 93.8 Å². The van der Waals surface area contributed by atoms with Gasteiger partial charge in [-0.1, -0.05) is 42.0 Å². The fraction of sp³-hybridized carbons (Fsp3) is 0.222. The number of rotatable bonds is 7. The van der Waals surface area contributed by atoms with Crippen LogP contribution in [0.1, 0.15) is 23.6 Å². The highest BCUT2D eigenvalue weighted by molar-refractivity contribution is 5.81. The van der Waals surface area contributed by atoms with Gasteiger partial charge in [-0.05, 0) is 42.8 Å². The quantitative estimate of drug-likeness (QED) is 0.373. The molecule has 0 fully saturated rings. The predicted molar refractivity (Wildman–Crippen MR) is 134 cm³/mol. The Balaban J connectivity index is 1.69. The molecule has 1 aromatic heterocycles. The Hall–Kier alpha value is -4.14. The number of halogens is 3. The van der Waals surface area contributed by atoms with Crippen molar-refractivity contribution < 1.29 is 18.0 Å². The van der Waals surface area contributed by atoms with E-state index in [1.807, 2.05) is 31.2 Å². The first-order valence-electron chi connectivity index (χ1n) is 11.4. The molecule has 0 bridgehead atoms. The van der Waals surface area contributed by atoms with Gasteiger partial charge in [-0.15, -0.1) is 0 Å². The van der Waals surface area contributed by atoms with Gasteiger partial charge in [-0.2, -0.15) is 13.2 Å².